The fourth-order valence-corrected chi connectivity index (χ4v) is 2.10. The standard InChI is InChI=1S/C17H16FN3O5/c1-2-19-17(23)11-4-3-5-13(8-11)20-16(22)10-26-15-9-12(18)6-7-14(15)21(24)25/h3-9H,2,10H2,1H3,(H,19,23)(H,20,22). The summed E-state index contributed by atoms with van der Waals surface area (Å²) < 4.78 is 18.3. The number of ether oxygens (including phenoxy) is 1. The Hall–Kier alpha value is -3.49. The number of nitro benzene ring substituents is 1. The Balaban J connectivity index is 2.02. The second kappa shape index (κ2) is 8.56. The molecular formula is C17H16FN3O5. The first-order valence-electron chi connectivity index (χ1n) is 7.65. The van der Waals surface area contributed by atoms with Crippen molar-refractivity contribution in [3.05, 3.63) is 64.0 Å². The van der Waals surface area contributed by atoms with Crippen molar-refractivity contribution < 1.29 is 23.6 Å². The third-order valence-electron chi connectivity index (χ3n) is 3.22. The molecule has 0 aromatic heterocycles. The molecule has 0 saturated carbocycles. The van der Waals surface area contributed by atoms with E-state index >= 15 is 0 Å². The average Bonchev–Trinajstić information content (AvgIpc) is 2.60. The van der Waals surface area contributed by atoms with Crippen molar-refractivity contribution in [3.8, 4) is 5.75 Å². The third-order valence-corrected chi connectivity index (χ3v) is 3.22. The zero-order chi connectivity index (χ0) is 19.1. The van der Waals surface area contributed by atoms with Crippen molar-refractivity contribution in [2.45, 2.75) is 6.92 Å². The molecule has 0 radical (unpaired) electrons. The van der Waals surface area contributed by atoms with Crippen LogP contribution in [0.3, 0.4) is 0 Å². The molecule has 0 fully saturated rings. The second-order valence-corrected chi connectivity index (χ2v) is 5.15. The number of carbonyl (C=O) groups is 2. The lowest BCUT2D eigenvalue weighted by Crippen LogP contribution is -2.23. The van der Waals surface area contributed by atoms with Crippen molar-refractivity contribution in [1.29, 1.82) is 0 Å². The van der Waals surface area contributed by atoms with Crippen molar-refractivity contribution in [2.75, 3.05) is 18.5 Å². The van der Waals surface area contributed by atoms with Gasteiger partial charge in [0.1, 0.15) is 5.82 Å². The van der Waals surface area contributed by atoms with E-state index in [1.54, 1.807) is 25.1 Å². The number of hydrogen-bond acceptors (Lipinski definition) is 5. The van der Waals surface area contributed by atoms with Gasteiger partial charge in [-0.3, -0.25) is 19.7 Å². The van der Waals surface area contributed by atoms with Gasteiger partial charge in [-0.05, 0) is 31.2 Å². The zero-order valence-electron chi connectivity index (χ0n) is 13.8. The van der Waals surface area contributed by atoms with Crippen molar-refractivity contribution in [1.82, 2.24) is 5.32 Å². The Kier molecular flexibility index (Phi) is 6.20. The van der Waals surface area contributed by atoms with E-state index in [4.69, 9.17) is 4.74 Å². The van der Waals surface area contributed by atoms with Crippen LogP contribution in [0.1, 0.15) is 17.3 Å². The van der Waals surface area contributed by atoms with Crippen molar-refractivity contribution >= 4 is 23.2 Å². The monoisotopic (exact) mass is 361 g/mol. The molecule has 0 aliphatic heterocycles. The number of rotatable bonds is 7. The number of hydrogen-bond donors (Lipinski definition) is 2. The normalized spacial score (nSPS) is 10.1. The van der Waals surface area contributed by atoms with Crippen LogP contribution in [0.4, 0.5) is 15.8 Å². The number of halogens is 1. The molecule has 8 nitrogen and oxygen atoms in total. The van der Waals surface area contributed by atoms with Crippen LogP contribution in [0.15, 0.2) is 42.5 Å². The van der Waals surface area contributed by atoms with Crippen LogP contribution >= 0.6 is 0 Å². The van der Waals surface area contributed by atoms with E-state index < -0.39 is 28.9 Å². The third kappa shape index (κ3) is 5.00. The lowest BCUT2D eigenvalue weighted by atomic mass is 10.2. The second-order valence-electron chi connectivity index (χ2n) is 5.15. The van der Waals surface area contributed by atoms with Crippen LogP contribution in [-0.2, 0) is 4.79 Å². The average molecular weight is 361 g/mol. The zero-order valence-corrected chi connectivity index (χ0v) is 13.8. The van der Waals surface area contributed by atoms with E-state index in [0.29, 0.717) is 17.8 Å². The van der Waals surface area contributed by atoms with Gasteiger partial charge >= 0.3 is 5.69 Å². The number of nitrogens with one attached hydrogen (secondary N) is 2. The van der Waals surface area contributed by atoms with Crippen LogP contribution in [0.25, 0.3) is 0 Å². The maximum absolute atomic E-state index is 13.2. The molecule has 26 heavy (non-hydrogen) atoms. The Bertz CT molecular complexity index is 841. The number of carbonyl (C=O) groups excluding carboxylic acids is 2. The largest absolute Gasteiger partial charge is 0.477 e. The fourth-order valence-electron chi connectivity index (χ4n) is 2.10. The summed E-state index contributed by atoms with van der Waals surface area (Å²) in [5.41, 5.74) is 0.278. The van der Waals surface area contributed by atoms with E-state index in [0.717, 1.165) is 18.2 Å². The van der Waals surface area contributed by atoms with Gasteiger partial charge in [0.15, 0.2) is 6.61 Å². The molecule has 0 saturated heterocycles. The van der Waals surface area contributed by atoms with Crippen LogP contribution in [0, 0.1) is 15.9 Å². The molecule has 0 spiro atoms. The maximum Gasteiger partial charge on any atom is 0.311 e. The summed E-state index contributed by atoms with van der Waals surface area (Å²) >= 11 is 0. The van der Waals surface area contributed by atoms with E-state index in [-0.39, 0.29) is 11.7 Å². The summed E-state index contributed by atoms with van der Waals surface area (Å²) in [5, 5.41) is 16.0. The summed E-state index contributed by atoms with van der Waals surface area (Å²) in [6, 6.07) is 8.96. The highest BCUT2D eigenvalue weighted by atomic mass is 19.1. The Labute approximate surface area is 148 Å². The van der Waals surface area contributed by atoms with Gasteiger partial charge in [-0.1, -0.05) is 6.07 Å². The Morgan fingerprint density at radius 2 is 2.00 bits per heavy atom. The Morgan fingerprint density at radius 3 is 2.69 bits per heavy atom. The summed E-state index contributed by atoms with van der Waals surface area (Å²) in [5.74, 6) is -1.96. The first-order chi connectivity index (χ1) is 12.4. The molecule has 2 aromatic rings. The molecule has 0 atom stereocenters. The predicted molar refractivity (Wildman–Crippen MR) is 91.6 cm³/mol. The highest BCUT2D eigenvalue weighted by molar-refractivity contribution is 5.97. The summed E-state index contributed by atoms with van der Waals surface area (Å²) in [4.78, 5) is 33.9. The SMILES string of the molecule is CCNC(=O)c1cccc(NC(=O)COc2cc(F)ccc2[N+](=O)[O-])c1. The number of amides is 2. The summed E-state index contributed by atoms with van der Waals surface area (Å²) in [7, 11) is 0. The lowest BCUT2D eigenvalue weighted by molar-refractivity contribution is -0.385. The maximum atomic E-state index is 13.2. The minimum absolute atomic E-state index is 0.282. The minimum atomic E-state index is -0.734. The number of nitro groups is 1. The smallest absolute Gasteiger partial charge is 0.311 e. The van der Waals surface area contributed by atoms with Gasteiger partial charge < -0.3 is 15.4 Å². The molecule has 2 N–H and O–H groups in total. The van der Waals surface area contributed by atoms with Gasteiger partial charge in [-0.15, -0.1) is 0 Å². The highest BCUT2D eigenvalue weighted by Crippen LogP contribution is 2.27. The molecule has 0 heterocycles. The quantitative estimate of drug-likeness (QED) is 0.581. The molecule has 9 heteroatoms. The summed E-state index contributed by atoms with van der Waals surface area (Å²) in [6.45, 7) is 1.69. The minimum Gasteiger partial charge on any atom is -0.477 e. The lowest BCUT2D eigenvalue weighted by Gasteiger charge is -2.09. The molecule has 2 aromatic carbocycles. The van der Waals surface area contributed by atoms with Crippen LogP contribution in [0.5, 0.6) is 5.75 Å². The van der Waals surface area contributed by atoms with E-state index in [9.17, 15) is 24.1 Å². The van der Waals surface area contributed by atoms with Crippen LogP contribution in [-0.4, -0.2) is 29.9 Å². The number of nitrogens with zero attached hydrogens (tertiary/aromatic N) is 1. The van der Waals surface area contributed by atoms with E-state index in [2.05, 4.69) is 10.6 Å². The van der Waals surface area contributed by atoms with Gasteiger partial charge in [0.25, 0.3) is 11.8 Å². The van der Waals surface area contributed by atoms with E-state index in [1.807, 2.05) is 0 Å². The first-order valence-corrected chi connectivity index (χ1v) is 7.65. The van der Waals surface area contributed by atoms with Crippen LogP contribution in [0.2, 0.25) is 0 Å². The van der Waals surface area contributed by atoms with Gasteiger partial charge in [0.2, 0.25) is 5.75 Å². The van der Waals surface area contributed by atoms with Gasteiger partial charge in [0.05, 0.1) is 4.92 Å². The number of anilines is 1. The molecule has 0 aliphatic carbocycles. The molecular weight excluding hydrogens is 345 g/mol. The molecule has 136 valence electrons. The molecule has 2 rings (SSSR count). The fraction of sp³-hybridized carbons (Fsp3) is 0.176. The van der Waals surface area contributed by atoms with Gasteiger partial charge in [-0.25, -0.2) is 4.39 Å². The highest BCUT2D eigenvalue weighted by Gasteiger charge is 2.17. The van der Waals surface area contributed by atoms with E-state index in [1.165, 1.54) is 6.07 Å². The van der Waals surface area contributed by atoms with Gasteiger partial charge in [-0.2, -0.15) is 0 Å². The van der Waals surface area contributed by atoms with Crippen LogP contribution < -0.4 is 15.4 Å². The van der Waals surface area contributed by atoms with Crippen molar-refractivity contribution in [3.63, 3.8) is 0 Å². The Morgan fingerprint density at radius 1 is 1.23 bits per heavy atom. The van der Waals surface area contributed by atoms with Gasteiger partial charge in [0, 0.05) is 29.9 Å². The molecule has 0 aliphatic rings. The topological polar surface area (TPSA) is 111 Å². The molecule has 0 bridgehead atoms. The summed E-state index contributed by atoms with van der Waals surface area (Å²) in [6.07, 6.45) is 0. The van der Waals surface area contributed by atoms with Crippen molar-refractivity contribution in [2.24, 2.45) is 0 Å². The predicted octanol–water partition coefficient (Wildman–Crippen LogP) is 2.50. The number of benzene rings is 2. The first kappa shape index (κ1) is 18.8. The molecule has 0 unspecified atom stereocenters. The molecule has 2 amide bonds.